The Hall–Kier alpha value is -3.40. The van der Waals surface area contributed by atoms with Crippen molar-refractivity contribution in [3.8, 4) is 11.5 Å². The molecule has 9 nitrogen and oxygen atoms in total. The van der Waals surface area contributed by atoms with Gasteiger partial charge in [-0.25, -0.2) is 14.4 Å². The number of rotatable bonds is 7. The summed E-state index contributed by atoms with van der Waals surface area (Å²) in [5.74, 6) is -0.442. The molecule has 0 saturated carbocycles. The van der Waals surface area contributed by atoms with E-state index in [-0.39, 0.29) is 17.5 Å². The smallest absolute Gasteiger partial charge is 0.316 e. The number of carbonyl (C=O) groups excluding carboxylic acids is 1. The number of amides is 1. The molecule has 0 radical (unpaired) electrons. The molecule has 30 heavy (non-hydrogen) atoms. The minimum Gasteiger partial charge on any atom is -0.367 e. The molecule has 2 aromatic heterocycles. The van der Waals surface area contributed by atoms with Crippen molar-refractivity contribution in [2.45, 2.75) is 6.42 Å². The van der Waals surface area contributed by atoms with Gasteiger partial charge in [-0.1, -0.05) is 17.3 Å². The highest BCUT2D eigenvalue weighted by atomic mass is 19.1. The molecule has 0 atom stereocenters. The van der Waals surface area contributed by atoms with Crippen LogP contribution in [0.3, 0.4) is 0 Å². The molecule has 0 aliphatic carbocycles. The van der Waals surface area contributed by atoms with Crippen LogP contribution < -0.4 is 10.2 Å². The van der Waals surface area contributed by atoms with Crippen molar-refractivity contribution in [3.05, 3.63) is 54.6 Å². The molecule has 1 N–H and O–H groups in total. The number of anilines is 1. The summed E-state index contributed by atoms with van der Waals surface area (Å²) in [6.45, 7) is 4.61. The van der Waals surface area contributed by atoms with Crippen LogP contribution in [0.15, 0.2) is 47.4 Å². The van der Waals surface area contributed by atoms with Crippen molar-refractivity contribution in [2.24, 2.45) is 0 Å². The SMILES string of the molecule is O=C(NCCCN1CCN(c2ccccc2F)CC1)c1nc(-c2ccncn2)no1. The maximum absolute atomic E-state index is 13.9. The fourth-order valence-electron chi connectivity index (χ4n) is 3.34. The van der Waals surface area contributed by atoms with E-state index in [0.29, 0.717) is 17.9 Å². The van der Waals surface area contributed by atoms with Gasteiger partial charge in [-0.2, -0.15) is 4.98 Å². The number of halogens is 1. The fraction of sp³-hybridized carbons (Fsp3) is 0.350. The lowest BCUT2D eigenvalue weighted by atomic mass is 10.2. The lowest BCUT2D eigenvalue weighted by Gasteiger charge is -2.36. The van der Waals surface area contributed by atoms with Crippen molar-refractivity contribution in [1.29, 1.82) is 0 Å². The number of nitrogens with zero attached hydrogens (tertiary/aromatic N) is 6. The van der Waals surface area contributed by atoms with Gasteiger partial charge in [-0.3, -0.25) is 9.69 Å². The maximum atomic E-state index is 13.9. The van der Waals surface area contributed by atoms with Crippen LogP contribution in [0.4, 0.5) is 10.1 Å². The zero-order chi connectivity index (χ0) is 20.8. The van der Waals surface area contributed by atoms with E-state index in [1.54, 1.807) is 18.3 Å². The Morgan fingerprint density at radius 3 is 2.77 bits per heavy atom. The van der Waals surface area contributed by atoms with E-state index in [4.69, 9.17) is 4.52 Å². The summed E-state index contributed by atoms with van der Waals surface area (Å²) in [4.78, 5) is 28.5. The number of nitrogens with one attached hydrogen (secondary N) is 1. The molecule has 1 aliphatic rings. The average molecular weight is 411 g/mol. The molecule has 1 aliphatic heterocycles. The van der Waals surface area contributed by atoms with E-state index < -0.39 is 5.91 Å². The minimum atomic E-state index is -0.410. The highest BCUT2D eigenvalue weighted by Crippen LogP contribution is 2.20. The number of para-hydroxylation sites is 1. The van der Waals surface area contributed by atoms with Crippen LogP contribution in [-0.2, 0) is 0 Å². The van der Waals surface area contributed by atoms with Gasteiger partial charge in [0.2, 0.25) is 5.82 Å². The van der Waals surface area contributed by atoms with Gasteiger partial charge >= 0.3 is 11.8 Å². The molecule has 3 heterocycles. The number of hydrogen-bond acceptors (Lipinski definition) is 8. The molecule has 4 rings (SSSR count). The lowest BCUT2D eigenvalue weighted by Crippen LogP contribution is -2.47. The monoisotopic (exact) mass is 411 g/mol. The first-order chi connectivity index (χ1) is 14.7. The Morgan fingerprint density at radius 2 is 2.00 bits per heavy atom. The molecule has 0 bridgehead atoms. The summed E-state index contributed by atoms with van der Waals surface area (Å²) in [5.41, 5.74) is 1.15. The molecular weight excluding hydrogens is 389 g/mol. The predicted molar refractivity (Wildman–Crippen MR) is 107 cm³/mol. The van der Waals surface area contributed by atoms with Crippen molar-refractivity contribution < 1.29 is 13.7 Å². The first-order valence-corrected chi connectivity index (χ1v) is 9.81. The maximum Gasteiger partial charge on any atom is 0.316 e. The molecule has 10 heteroatoms. The largest absolute Gasteiger partial charge is 0.367 e. The summed E-state index contributed by atoms with van der Waals surface area (Å²) in [6.07, 6.45) is 3.73. The van der Waals surface area contributed by atoms with Gasteiger partial charge in [-0.05, 0) is 31.2 Å². The number of piperazine rings is 1. The van der Waals surface area contributed by atoms with E-state index in [9.17, 15) is 9.18 Å². The molecule has 0 unspecified atom stereocenters. The third kappa shape index (κ3) is 4.77. The van der Waals surface area contributed by atoms with Gasteiger partial charge in [0.1, 0.15) is 17.8 Å². The normalized spacial score (nSPS) is 14.6. The zero-order valence-electron chi connectivity index (χ0n) is 16.4. The van der Waals surface area contributed by atoms with E-state index in [1.165, 1.54) is 12.4 Å². The standard InChI is InChI=1S/C20H22FN7O2/c21-15-4-1-2-5-17(15)28-12-10-27(11-13-28)9-3-7-23-19(29)20-25-18(26-30-20)16-6-8-22-14-24-16/h1-2,4-6,8,14H,3,7,9-13H2,(H,23,29). The van der Waals surface area contributed by atoms with Gasteiger partial charge in [-0.15, -0.1) is 0 Å². The quantitative estimate of drug-likeness (QED) is 0.586. The first-order valence-electron chi connectivity index (χ1n) is 9.81. The third-order valence-corrected chi connectivity index (χ3v) is 4.93. The van der Waals surface area contributed by atoms with E-state index in [0.717, 1.165) is 39.1 Å². The van der Waals surface area contributed by atoms with Crippen LogP contribution >= 0.6 is 0 Å². The number of carbonyl (C=O) groups is 1. The number of hydrogen-bond donors (Lipinski definition) is 1. The van der Waals surface area contributed by atoms with Crippen LogP contribution in [0.5, 0.6) is 0 Å². The minimum absolute atomic E-state index is 0.0953. The van der Waals surface area contributed by atoms with Crippen molar-refractivity contribution >= 4 is 11.6 Å². The second-order valence-corrected chi connectivity index (χ2v) is 6.91. The second kappa shape index (κ2) is 9.40. The molecule has 0 spiro atoms. The molecule has 1 fully saturated rings. The summed E-state index contributed by atoms with van der Waals surface area (Å²) in [7, 11) is 0. The highest BCUT2D eigenvalue weighted by molar-refractivity contribution is 5.89. The predicted octanol–water partition coefficient (Wildman–Crippen LogP) is 1.61. The third-order valence-electron chi connectivity index (χ3n) is 4.93. The second-order valence-electron chi connectivity index (χ2n) is 6.91. The Labute approximate surface area is 172 Å². The van der Waals surface area contributed by atoms with Crippen molar-refractivity contribution in [2.75, 3.05) is 44.2 Å². The number of aromatic nitrogens is 4. The van der Waals surface area contributed by atoms with Crippen molar-refractivity contribution in [1.82, 2.24) is 30.3 Å². The summed E-state index contributed by atoms with van der Waals surface area (Å²) in [5, 5.41) is 6.56. The van der Waals surface area contributed by atoms with Gasteiger partial charge in [0, 0.05) is 38.9 Å². The Morgan fingerprint density at radius 1 is 1.17 bits per heavy atom. The molecular formula is C20H22FN7O2. The van der Waals surface area contributed by atoms with Crippen LogP contribution in [0.25, 0.3) is 11.5 Å². The van der Waals surface area contributed by atoms with E-state index in [1.807, 2.05) is 12.1 Å². The molecule has 1 amide bonds. The van der Waals surface area contributed by atoms with Gasteiger partial charge in [0.15, 0.2) is 0 Å². The van der Waals surface area contributed by atoms with Crippen molar-refractivity contribution in [3.63, 3.8) is 0 Å². The van der Waals surface area contributed by atoms with Crippen LogP contribution in [0.1, 0.15) is 17.1 Å². The average Bonchev–Trinajstić information content (AvgIpc) is 3.29. The van der Waals surface area contributed by atoms with Crippen LogP contribution in [-0.4, -0.2) is 70.2 Å². The van der Waals surface area contributed by atoms with Crippen LogP contribution in [0, 0.1) is 5.82 Å². The Balaban J connectivity index is 1.18. The zero-order valence-corrected chi connectivity index (χ0v) is 16.4. The Bertz CT molecular complexity index is 974. The van der Waals surface area contributed by atoms with Crippen LogP contribution in [0.2, 0.25) is 0 Å². The molecule has 156 valence electrons. The topological polar surface area (TPSA) is 100 Å². The van der Waals surface area contributed by atoms with Gasteiger partial charge in [0.25, 0.3) is 0 Å². The highest BCUT2D eigenvalue weighted by Gasteiger charge is 2.19. The molecule has 3 aromatic rings. The molecule has 1 aromatic carbocycles. The van der Waals surface area contributed by atoms with E-state index in [2.05, 4.69) is 35.2 Å². The Kier molecular flexibility index (Phi) is 6.23. The fourth-order valence-corrected chi connectivity index (χ4v) is 3.34. The van der Waals surface area contributed by atoms with E-state index >= 15 is 0 Å². The summed E-state index contributed by atoms with van der Waals surface area (Å²) in [6, 6.07) is 8.50. The lowest BCUT2D eigenvalue weighted by molar-refractivity contribution is 0.0907. The molecule has 1 saturated heterocycles. The summed E-state index contributed by atoms with van der Waals surface area (Å²) >= 11 is 0. The summed E-state index contributed by atoms with van der Waals surface area (Å²) < 4.78 is 18.9. The van der Waals surface area contributed by atoms with Gasteiger partial charge < -0.3 is 14.7 Å². The number of benzene rings is 1. The van der Waals surface area contributed by atoms with Gasteiger partial charge in [0.05, 0.1) is 5.69 Å². The first kappa shape index (κ1) is 19.9.